The second-order valence-corrected chi connectivity index (χ2v) is 7.90. The van der Waals surface area contributed by atoms with Crippen LogP contribution in [0.5, 0.6) is 11.5 Å². The number of nitrogens with one attached hydrogen (secondary N) is 1. The van der Waals surface area contributed by atoms with Crippen molar-refractivity contribution in [1.29, 1.82) is 0 Å². The lowest BCUT2D eigenvalue weighted by Crippen LogP contribution is -2.30. The first-order valence-electron chi connectivity index (χ1n) is 10.5. The molecule has 3 aromatic rings. The Labute approximate surface area is 190 Å². The standard InChI is InChI=1S/C25H24F2N2O4/c1-14(30)28-21-9-8-15(13-22(21)33-2)17-5-3-6-18(25(17)32)16-11-19(26)24(20(27)12-16)29-10-4-7-23(29)31/h3,5-6,8-9,11-13,23,31-32H,4,7,10H2,1-2H3,(H,28,30). The van der Waals surface area contributed by atoms with Crippen molar-refractivity contribution in [2.45, 2.75) is 26.0 Å². The molecular formula is C25H24F2N2O4. The minimum absolute atomic E-state index is 0.153. The summed E-state index contributed by atoms with van der Waals surface area (Å²) in [6, 6.07) is 12.2. The topological polar surface area (TPSA) is 82.0 Å². The van der Waals surface area contributed by atoms with E-state index in [1.165, 1.54) is 18.9 Å². The molecular weight excluding hydrogens is 430 g/mol. The number of amides is 1. The molecule has 1 heterocycles. The summed E-state index contributed by atoms with van der Waals surface area (Å²) in [6.07, 6.45) is 0.176. The summed E-state index contributed by atoms with van der Waals surface area (Å²) in [5, 5.41) is 23.7. The van der Waals surface area contributed by atoms with Gasteiger partial charge in [0.15, 0.2) is 0 Å². The fraction of sp³-hybridized carbons (Fsp3) is 0.240. The van der Waals surface area contributed by atoms with Crippen LogP contribution in [0.3, 0.4) is 0 Å². The molecule has 4 rings (SSSR count). The van der Waals surface area contributed by atoms with Crippen molar-refractivity contribution in [1.82, 2.24) is 0 Å². The van der Waals surface area contributed by atoms with Gasteiger partial charge in [-0.15, -0.1) is 0 Å². The van der Waals surface area contributed by atoms with Crippen LogP contribution in [0.2, 0.25) is 0 Å². The zero-order valence-electron chi connectivity index (χ0n) is 18.2. The number of methoxy groups -OCH3 is 1. The summed E-state index contributed by atoms with van der Waals surface area (Å²) in [5.41, 5.74) is 1.66. The molecule has 1 aliphatic rings. The summed E-state index contributed by atoms with van der Waals surface area (Å²) in [6.45, 7) is 1.75. The van der Waals surface area contributed by atoms with Crippen LogP contribution in [0, 0.1) is 11.6 Å². The van der Waals surface area contributed by atoms with Crippen LogP contribution in [0.15, 0.2) is 48.5 Å². The maximum absolute atomic E-state index is 14.9. The van der Waals surface area contributed by atoms with E-state index in [0.29, 0.717) is 42.0 Å². The first kappa shape index (κ1) is 22.5. The number of nitrogens with zero attached hydrogens (tertiary/aromatic N) is 1. The number of halogens is 2. The highest BCUT2D eigenvalue weighted by molar-refractivity contribution is 5.91. The van der Waals surface area contributed by atoms with Crippen LogP contribution < -0.4 is 15.0 Å². The van der Waals surface area contributed by atoms with Crippen LogP contribution in [0.4, 0.5) is 20.2 Å². The number of carbonyl (C=O) groups is 1. The quantitative estimate of drug-likeness (QED) is 0.511. The number of aliphatic hydroxyl groups excluding tert-OH is 1. The maximum atomic E-state index is 14.9. The number of hydrogen-bond donors (Lipinski definition) is 3. The number of carbonyl (C=O) groups excluding carboxylic acids is 1. The number of para-hydroxylation sites is 1. The van der Waals surface area contributed by atoms with Gasteiger partial charge in [-0.1, -0.05) is 24.3 Å². The van der Waals surface area contributed by atoms with Gasteiger partial charge in [0.25, 0.3) is 0 Å². The Morgan fingerprint density at radius 3 is 2.33 bits per heavy atom. The second kappa shape index (κ2) is 9.07. The number of ether oxygens (including phenoxy) is 1. The smallest absolute Gasteiger partial charge is 0.221 e. The van der Waals surface area contributed by atoms with Crippen molar-refractivity contribution in [3.63, 3.8) is 0 Å². The highest BCUT2D eigenvalue weighted by Crippen LogP contribution is 2.42. The molecule has 33 heavy (non-hydrogen) atoms. The largest absolute Gasteiger partial charge is 0.507 e. The number of aliphatic hydroxyl groups is 1. The monoisotopic (exact) mass is 454 g/mol. The molecule has 0 radical (unpaired) electrons. The van der Waals surface area contributed by atoms with Crippen molar-refractivity contribution < 1.29 is 28.5 Å². The van der Waals surface area contributed by atoms with Crippen LogP contribution in [-0.2, 0) is 4.79 Å². The molecule has 0 bridgehead atoms. The molecule has 0 spiro atoms. The second-order valence-electron chi connectivity index (χ2n) is 7.90. The van der Waals surface area contributed by atoms with Gasteiger partial charge >= 0.3 is 0 Å². The fourth-order valence-corrected chi connectivity index (χ4v) is 4.17. The van der Waals surface area contributed by atoms with E-state index < -0.39 is 17.9 Å². The Hall–Kier alpha value is -3.65. The van der Waals surface area contributed by atoms with E-state index >= 15 is 0 Å². The Balaban J connectivity index is 1.74. The average Bonchev–Trinajstić information content (AvgIpc) is 3.19. The van der Waals surface area contributed by atoms with Gasteiger partial charge in [0.2, 0.25) is 5.91 Å². The van der Waals surface area contributed by atoms with Gasteiger partial charge in [-0.25, -0.2) is 8.78 Å². The molecule has 6 nitrogen and oxygen atoms in total. The molecule has 8 heteroatoms. The Morgan fingerprint density at radius 2 is 1.76 bits per heavy atom. The third-order valence-corrected chi connectivity index (χ3v) is 5.70. The SMILES string of the molecule is COc1cc(-c2cccc(-c3cc(F)c(N4CCCC4O)c(F)c3)c2O)ccc1NC(C)=O. The lowest BCUT2D eigenvalue weighted by Gasteiger charge is -2.24. The normalized spacial score (nSPS) is 15.5. The predicted octanol–water partition coefficient (Wildman–Crippen LogP) is 4.89. The van der Waals surface area contributed by atoms with E-state index in [1.807, 2.05) is 0 Å². The predicted molar refractivity (Wildman–Crippen MR) is 122 cm³/mol. The summed E-state index contributed by atoms with van der Waals surface area (Å²) in [7, 11) is 1.46. The van der Waals surface area contributed by atoms with Gasteiger partial charge in [-0.2, -0.15) is 0 Å². The van der Waals surface area contributed by atoms with Crippen LogP contribution in [0.25, 0.3) is 22.3 Å². The summed E-state index contributed by atoms with van der Waals surface area (Å²) < 4.78 is 35.1. The first-order chi connectivity index (χ1) is 15.8. The van der Waals surface area contributed by atoms with E-state index in [4.69, 9.17) is 4.74 Å². The number of aromatic hydroxyl groups is 1. The van der Waals surface area contributed by atoms with Gasteiger partial charge in [0.1, 0.15) is 35.0 Å². The molecule has 3 N–H and O–H groups in total. The summed E-state index contributed by atoms with van der Waals surface area (Å²) in [4.78, 5) is 12.7. The van der Waals surface area contributed by atoms with Crippen molar-refractivity contribution in [2.24, 2.45) is 0 Å². The minimum Gasteiger partial charge on any atom is -0.507 e. The summed E-state index contributed by atoms with van der Waals surface area (Å²) in [5.74, 6) is -1.62. The zero-order chi connectivity index (χ0) is 23.7. The Kier molecular flexibility index (Phi) is 6.20. The number of phenols is 1. The van der Waals surface area contributed by atoms with E-state index in [-0.39, 0.29) is 28.5 Å². The van der Waals surface area contributed by atoms with Gasteiger partial charge in [0.05, 0.1) is 12.8 Å². The highest BCUT2D eigenvalue weighted by Gasteiger charge is 2.28. The molecule has 0 aliphatic carbocycles. The molecule has 1 saturated heterocycles. The average molecular weight is 454 g/mol. The number of rotatable bonds is 5. The highest BCUT2D eigenvalue weighted by atomic mass is 19.1. The van der Waals surface area contributed by atoms with Crippen LogP contribution in [0.1, 0.15) is 19.8 Å². The van der Waals surface area contributed by atoms with Gasteiger partial charge in [-0.3, -0.25) is 4.79 Å². The molecule has 1 amide bonds. The Bertz CT molecular complexity index is 1190. The molecule has 172 valence electrons. The molecule has 3 aromatic carbocycles. The van der Waals surface area contributed by atoms with E-state index in [0.717, 1.165) is 12.1 Å². The minimum atomic E-state index is -0.924. The van der Waals surface area contributed by atoms with Crippen LogP contribution in [-0.4, -0.2) is 36.0 Å². The number of benzene rings is 3. The molecule has 1 atom stereocenters. The van der Waals surface area contributed by atoms with Gasteiger partial charge in [0, 0.05) is 24.6 Å². The van der Waals surface area contributed by atoms with Gasteiger partial charge in [-0.05, 0) is 48.2 Å². The van der Waals surface area contributed by atoms with Crippen LogP contribution >= 0.6 is 0 Å². The van der Waals surface area contributed by atoms with Crippen molar-refractivity contribution in [2.75, 3.05) is 23.9 Å². The zero-order valence-corrected chi connectivity index (χ0v) is 18.2. The van der Waals surface area contributed by atoms with Crippen molar-refractivity contribution in [3.8, 4) is 33.8 Å². The molecule has 0 saturated carbocycles. The number of hydrogen-bond acceptors (Lipinski definition) is 5. The number of anilines is 2. The molecule has 1 unspecified atom stereocenters. The first-order valence-corrected chi connectivity index (χ1v) is 10.5. The summed E-state index contributed by atoms with van der Waals surface area (Å²) >= 11 is 0. The third-order valence-electron chi connectivity index (χ3n) is 5.70. The Morgan fingerprint density at radius 1 is 1.09 bits per heavy atom. The number of phenolic OH excluding ortho intramolecular Hbond substituents is 1. The van der Waals surface area contributed by atoms with Crippen molar-refractivity contribution in [3.05, 3.63) is 60.2 Å². The van der Waals surface area contributed by atoms with E-state index in [1.54, 1.807) is 36.4 Å². The van der Waals surface area contributed by atoms with E-state index in [9.17, 15) is 23.8 Å². The van der Waals surface area contributed by atoms with Crippen molar-refractivity contribution >= 4 is 17.3 Å². The lowest BCUT2D eigenvalue weighted by atomic mass is 9.96. The lowest BCUT2D eigenvalue weighted by molar-refractivity contribution is -0.114. The van der Waals surface area contributed by atoms with E-state index in [2.05, 4.69) is 5.32 Å². The third kappa shape index (κ3) is 4.34. The van der Waals surface area contributed by atoms with Gasteiger partial charge < -0.3 is 25.2 Å². The molecule has 1 aliphatic heterocycles. The fourth-order valence-electron chi connectivity index (χ4n) is 4.17. The molecule has 1 fully saturated rings. The molecule has 0 aromatic heterocycles. The maximum Gasteiger partial charge on any atom is 0.221 e.